The van der Waals surface area contributed by atoms with Gasteiger partial charge < -0.3 is 10.1 Å². The molecule has 0 fully saturated rings. The zero-order valence-electron chi connectivity index (χ0n) is 15.5. The summed E-state index contributed by atoms with van der Waals surface area (Å²) in [6, 6.07) is 18.0. The number of rotatable bonds is 10. The zero-order chi connectivity index (χ0) is 18.0. The number of para-hydroxylation sites is 1. The van der Waals surface area contributed by atoms with Crippen LogP contribution in [-0.2, 0) is 6.54 Å². The van der Waals surface area contributed by atoms with Crippen LogP contribution in [0.25, 0.3) is 5.69 Å². The first kappa shape index (κ1) is 20.9. The van der Waals surface area contributed by atoms with Gasteiger partial charge in [-0.1, -0.05) is 61.6 Å². The number of nitrogens with one attached hydrogen (secondary N) is 1. The number of hydrogen-bond acceptors (Lipinski definition) is 5. The molecule has 0 aliphatic heterocycles. The van der Waals surface area contributed by atoms with Crippen molar-refractivity contribution in [2.75, 3.05) is 6.54 Å². The molecule has 0 atom stereocenters. The highest BCUT2D eigenvalue weighted by Crippen LogP contribution is 2.22. The van der Waals surface area contributed by atoms with Crippen molar-refractivity contribution in [2.45, 2.75) is 39.2 Å². The van der Waals surface area contributed by atoms with Gasteiger partial charge in [-0.15, -0.1) is 12.4 Å². The Labute approximate surface area is 166 Å². The van der Waals surface area contributed by atoms with Gasteiger partial charge >= 0.3 is 6.01 Å². The fourth-order valence-corrected chi connectivity index (χ4v) is 2.71. The fraction of sp³-hybridized carbons (Fsp3) is 0.350. The molecule has 3 aromatic rings. The zero-order valence-corrected chi connectivity index (χ0v) is 16.4. The number of halogens is 1. The Hall–Kier alpha value is -2.44. The minimum atomic E-state index is 0. The first-order valence-electron chi connectivity index (χ1n) is 9.18. The molecule has 0 amide bonds. The molecule has 2 aromatic carbocycles. The molecule has 6 nitrogen and oxygen atoms in total. The first-order chi connectivity index (χ1) is 12.9. The molecule has 0 saturated heterocycles. The molecule has 1 heterocycles. The summed E-state index contributed by atoms with van der Waals surface area (Å²) < 4.78 is 7.49. The summed E-state index contributed by atoms with van der Waals surface area (Å²) in [5, 5.41) is 15.2. The van der Waals surface area contributed by atoms with Crippen molar-refractivity contribution in [2.24, 2.45) is 0 Å². The highest BCUT2D eigenvalue weighted by Gasteiger charge is 2.10. The van der Waals surface area contributed by atoms with E-state index in [9.17, 15) is 0 Å². The third kappa shape index (κ3) is 6.34. The minimum absolute atomic E-state index is 0. The Kier molecular flexibility index (Phi) is 8.74. The van der Waals surface area contributed by atoms with Gasteiger partial charge in [0, 0.05) is 6.54 Å². The van der Waals surface area contributed by atoms with E-state index in [1.54, 1.807) is 4.68 Å². The van der Waals surface area contributed by atoms with Gasteiger partial charge in [-0.25, -0.2) is 0 Å². The lowest BCUT2D eigenvalue weighted by Gasteiger charge is -2.08. The Morgan fingerprint density at radius 2 is 1.85 bits per heavy atom. The molecule has 1 N–H and O–H groups in total. The fourth-order valence-electron chi connectivity index (χ4n) is 2.71. The normalized spacial score (nSPS) is 10.4. The number of tetrazole rings is 1. The molecular weight excluding hydrogens is 362 g/mol. The van der Waals surface area contributed by atoms with Crippen LogP contribution in [0.3, 0.4) is 0 Å². The third-order valence-corrected chi connectivity index (χ3v) is 4.09. The highest BCUT2D eigenvalue weighted by molar-refractivity contribution is 5.85. The monoisotopic (exact) mass is 387 g/mol. The maximum absolute atomic E-state index is 5.90. The van der Waals surface area contributed by atoms with Crippen LogP contribution >= 0.6 is 12.4 Å². The summed E-state index contributed by atoms with van der Waals surface area (Å²) in [7, 11) is 0. The van der Waals surface area contributed by atoms with Crippen molar-refractivity contribution in [1.82, 2.24) is 25.5 Å². The first-order valence-corrected chi connectivity index (χ1v) is 9.18. The van der Waals surface area contributed by atoms with Gasteiger partial charge in [0.2, 0.25) is 0 Å². The Morgan fingerprint density at radius 3 is 2.67 bits per heavy atom. The number of benzene rings is 2. The summed E-state index contributed by atoms with van der Waals surface area (Å²) in [6.45, 7) is 4.09. The van der Waals surface area contributed by atoms with Crippen molar-refractivity contribution >= 4 is 12.4 Å². The number of ether oxygens (including phenoxy) is 1. The molecular formula is C20H26ClN5O. The van der Waals surface area contributed by atoms with Gasteiger partial charge in [-0.05, 0) is 53.2 Å². The average Bonchev–Trinajstić information content (AvgIpc) is 3.14. The quantitative estimate of drug-likeness (QED) is 0.517. The van der Waals surface area contributed by atoms with Crippen LogP contribution in [0.2, 0.25) is 0 Å². The van der Waals surface area contributed by atoms with Crippen LogP contribution in [0.15, 0.2) is 54.6 Å². The van der Waals surface area contributed by atoms with Crippen LogP contribution in [0.4, 0.5) is 0 Å². The van der Waals surface area contributed by atoms with Crippen molar-refractivity contribution in [1.29, 1.82) is 0 Å². The average molecular weight is 388 g/mol. The molecule has 0 bridgehead atoms. The Bertz CT molecular complexity index is 794. The van der Waals surface area contributed by atoms with Gasteiger partial charge in [0.1, 0.15) is 5.75 Å². The van der Waals surface area contributed by atoms with Gasteiger partial charge in [0.15, 0.2) is 0 Å². The second-order valence-corrected chi connectivity index (χ2v) is 6.20. The second kappa shape index (κ2) is 11.3. The smallest absolute Gasteiger partial charge is 0.345 e. The van der Waals surface area contributed by atoms with E-state index in [4.69, 9.17) is 4.74 Å². The van der Waals surface area contributed by atoms with Gasteiger partial charge in [-0.2, -0.15) is 4.68 Å². The topological polar surface area (TPSA) is 64.9 Å². The van der Waals surface area contributed by atoms with Crippen LogP contribution in [0.1, 0.15) is 38.2 Å². The number of nitrogens with zero attached hydrogens (tertiary/aromatic N) is 4. The molecule has 0 radical (unpaired) electrons. The van der Waals surface area contributed by atoms with E-state index in [1.165, 1.54) is 31.2 Å². The summed E-state index contributed by atoms with van der Waals surface area (Å²) in [4.78, 5) is 0. The Balaban J connectivity index is 0.00000261. The van der Waals surface area contributed by atoms with Gasteiger partial charge in [0.05, 0.1) is 5.69 Å². The lowest BCUT2D eigenvalue weighted by atomic mass is 10.2. The molecule has 3 rings (SSSR count). The number of unbranched alkanes of at least 4 members (excludes halogenated alkanes) is 3. The predicted molar refractivity (Wildman–Crippen MR) is 109 cm³/mol. The summed E-state index contributed by atoms with van der Waals surface area (Å²) in [5.74, 6) is 0.724. The molecule has 144 valence electrons. The Morgan fingerprint density at radius 1 is 1.00 bits per heavy atom. The maximum Gasteiger partial charge on any atom is 0.345 e. The van der Waals surface area contributed by atoms with Crippen molar-refractivity contribution in [3.05, 3.63) is 60.2 Å². The second-order valence-electron chi connectivity index (χ2n) is 6.20. The molecule has 27 heavy (non-hydrogen) atoms. The van der Waals surface area contributed by atoms with E-state index < -0.39 is 0 Å². The standard InChI is InChI=1S/C20H25N5O.ClH/c1-2-3-4-8-14-21-16-17-10-9-13-19(15-17)26-20-22-23-24-25(20)18-11-6-5-7-12-18;/h5-7,9-13,15,21H,2-4,8,14,16H2,1H3;1H. The van der Waals surface area contributed by atoms with E-state index in [1.807, 2.05) is 48.5 Å². The summed E-state index contributed by atoms with van der Waals surface area (Å²) in [5.41, 5.74) is 2.04. The summed E-state index contributed by atoms with van der Waals surface area (Å²) in [6.07, 6.45) is 5.08. The number of aromatic nitrogens is 4. The summed E-state index contributed by atoms with van der Waals surface area (Å²) >= 11 is 0. The molecule has 0 aliphatic carbocycles. The van der Waals surface area contributed by atoms with Crippen LogP contribution in [0, 0.1) is 0 Å². The van der Waals surface area contributed by atoms with Crippen molar-refractivity contribution in [3.63, 3.8) is 0 Å². The predicted octanol–water partition coefficient (Wildman–Crippen LogP) is 4.55. The lowest BCUT2D eigenvalue weighted by Crippen LogP contribution is -2.14. The molecule has 1 aromatic heterocycles. The van der Waals surface area contributed by atoms with Crippen LogP contribution in [0.5, 0.6) is 11.8 Å². The van der Waals surface area contributed by atoms with E-state index in [0.29, 0.717) is 6.01 Å². The molecule has 0 unspecified atom stereocenters. The van der Waals surface area contributed by atoms with Gasteiger partial charge in [0.25, 0.3) is 0 Å². The molecule has 0 spiro atoms. The van der Waals surface area contributed by atoms with Crippen molar-refractivity contribution < 1.29 is 4.74 Å². The van der Waals surface area contributed by atoms with E-state index in [2.05, 4.69) is 33.8 Å². The molecule has 0 saturated carbocycles. The van der Waals surface area contributed by atoms with E-state index >= 15 is 0 Å². The van der Waals surface area contributed by atoms with Crippen LogP contribution < -0.4 is 10.1 Å². The lowest BCUT2D eigenvalue weighted by molar-refractivity contribution is 0.426. The van der Waals surface area contributed by atoms with Crippen LogP contribution in [-0.4, -0.2) is 26.8 Å². The minimum Gasteiger partial charge on any atom is -0.423 e. The SMILES string of the molecule is CCCCCCNCc1cccc(Oc2nnnn2-c2ccccc2)c1.Cl. The van der Waals surface area contributed by atoms with Gasteiger partial charge in [-0.3, -0.25) is 0 Å². The van der Waals surface area contributed by atoms with E-state index in [-0.39, 0.29) is 12.4 Å². The highest BCUT2D eigenvalue weighted by atomic mass is 35.5. The maximum atomic E-state index is 5.90. The van der Waals surface area contributed by atoms with E-state index in [0.717, 1.165) is 24.5 Å². The third-order valence-electron chi connectivity index (χ3n) is 4.09. The number of hydrogen-bond donors (Lipinski definition) is 1. The van der Waals surface area contributed by atoms with Crippen molar-refractivity contribution in [3.8, 4) is 17.4 Å². The largest absolute Gasteiger partial charge is 0.423 e. The molecule has 7 heteroatoms. The molecule has 0 aliphatic rings.